The van der Waals surface area contributed by atoms with Gasteiger partial charge in [0.1, 0.15) is 0 Å². The van der Waals surface area contributed by atoms with Gasteiger partial charge >= 0.3 is 0 Å². The average molecular weight is 430 g/mol. The van der Waals surface area contributed by atoms with Crippen molar-refractivity contribution >= 4 is 23.2 Å². The summed E-state index contributed by atoms with van der Waals surface area (Å²) in [7, 11) is 0. The van der Waals surface area contributed by atoms with Crippen molar-refractivity contribution in [3.63, 3.8) is 0 Å². The van der Waals surface area contributed by atoms with Crippen molar-refractivity contribution in [3.05, 3.63) is 107 Å². The molecular weight excluding hydrogens is 402 g/mol. The van der Waals surface area contributed by atoms with Crippen LogP contribution in [0.2, 0.25) is 0 Å². The normalized spacial score (nSPS) is 16.5. The Hall–Kier alpha value is -2.98. The molecule has 1 N–H and O–H groups in total. The first kappa shape index (κ1) is 21.3. The summed E-state index contributed by atoms with van der Waals surface area (Å²) < 4.78 is 0. The van der Waals surface area contributed by atoms with Crippen LogP contribution in [0.3, 0.4) is 0 Å². The Kier molecular flexibility index (Phi) is 6.19. The number of nitrogens with zero attached hydrogens (tertiary/aromatic N) is 1. The summed E-state index contributed by atoms with van der Waals surface area (Å²) in [5, 5.41) is 10.9. The van der Waals surface area contributed by atoms with Crippen LogP contribution in [0.25, 0.3) is 5.57 Å². The van der Waals surface area contributed by atoms with Gasteiger partial charge in [-0.2, -0.15) is 0 Å². The third kappa shape index (κ3) is 4.26. The molecule has 4 rings (SSSR count). The van der Waals surface area contributed by atoms with Gasteiger partial charge in [0.2, 0.25) is 0 Å². The van der Waals surface area contributed by atoms with E-state index in [2.05, 4.69) is 62.4 Å². The summed E-state index contributed by atoms with van der Waals surface area (Å²) in [5.74, 6) is -0.0570. The van der Waals surface area contributed by atoms with Gasteiger partial charge in [0.15, 0.2) is 5.76 Å². The number of amides is 1. The standard InChI is InChI=1S/C27H27NO2S/c1-18(2)20-11-13-22(14-12-20)25-24(21-7-5-4-6-8-21)26(29)27(30)28(25)17-19-9-15-23(31-3)16-10-19/h4-16,18,25,29H,17H2,1-3H3. The SMILES string of the molecule is CSc1ccc(CN2C(=O)C(O)=C(c3ccccc3)C2c2ccc(C(C)C)cc2)cc1. The number of thioether (sulfide) groups is 1. The van der Waals surface area contributed by atoms with Crippen LogP contribution >= 0.6 is 11.8 Å². The lowest BCUT2D eigenvalue weighted by molar-refractivity contribution is -0.130. The van der Waals surface area contributed by atoms with Crippen LogP contribution in [0.1, 0.15) is 48.1 Å². The number of benzene rings is 3. The first-order valence-corrected chi connectivity index (χ1v) is 11.7. The number of aliphatic hydroxyl groups is 1. The Labute approximate surface area is 188 Å². The smallest absolute Gasteiger partial charge is 0.290 e. The summed E-state index contributed by atoms with van der Waals surface area (Å²) in [5.41, 5.74) is 4.83. The maximum absolute atomic E-state index is 13.2. The van der Waals surface area contributed by atoms with E-state index < -0.39 is 0 Å². The monoisotopic (exact) mass is 429 g/mol. The van der Waals surface area contributed by atoms with Gasteiger partial charge in [-0.05, 0) is 46.6 Å². The van der Waals surface area contributed by atoms with Crippen LogP contribution in [0, 0.1) is 0 Å². The van der Waals surface area contributed by atoms with E-state index in [0.717, 1.165) is 16.7 Å². The van der Waals surface area contributed by atoms with E-state index in [1.165, 1.54) is 10.5 Å². The van der Waals surface area contributed by atoms with E-state index in [9.17, 15) is 9.90 Å². The molecule has 4 heteroatoms. The minimum absolute atomic E-state index is 0.162. The molecule has 158 valence electrons. The quantitative estimate of drug-likeness (QED) is 0.450. The van der Waals surface area contributed by atoms with Crippen LogP contribution in [-0.2, 0) is 11.3 Å². The number of hydrogen-bond acceptors (Lipinski definition) is 3. The third-order valence-corrected chi connectivity index (χ3v) is 6.56. The van der Waals surface area contributed by atoms with Gasteiger partial charge in [-0.3, -0.25) is 4.79 Å². The zero-order chi connectivity index (χ0) is 22.0. The molecule has 1 aliphatic heterocycles. The zero-order valence-corrected chi connectivity index (χ0v) is 18.9. The first-order chi connectivity index (χ1) is 15.0. The van der Waals surface area contributed by atoms with E-state index in [1.807, 2.05) is 36.6 Å². The molecule has 3 nitrogen and oxygen atoms in total. The minimum Gasteiger partial charge on any atom is -0.503 e. The largest absolute Gasteiger partial charge is 0.503 e. The summed E-state index contributed by atoms with van der Waals surface area (Å²) in [6, 6.07) is 26.0. The predicted octanol–water partition coefficient (Wildman–Crippen LogP) is 6.58. The second-order valence-electron chi connectivity index (χ2n) is 8.13. The molecule has 31 heavy (non-hydrogen) atoms. The molecule has 1 aliphatic rings. The highest BCUT2D eigenvalue weighted by atomic mass is 32.2. The number of hydrogen-bond donors (Lipinski definition) is 1. The van der Waals surface area contributed by atoms with E-state index in [-0.39, 0.29) is 17.7 Å². The third-order valence-electron chi connectivity index (χ3n) is 5.82. The molecule has 0 saturated heterocycles. The summed E-state index contributed by atoms with van der Waals surface area (Å²) >= 11 is 1.69. The van der Waals surface area contributed by atoms with Crippen molar-refractivity contribution in [2.45, 2.75) is 37.2 Å². The molecule has 3 aromatic rings. The molecule has 1 unspecified atom stereocenters. The highest BCUT2D eigenvalue weighted by Crippen LogP contribution is 2.43. The van der Waals surface area contributed by atoms with Crippen molar-refractivity contribution in [3.8, 4) is 0 Å². The summed E-state index contributed by atoms with van der Waals surface area (Å²) in [6.45, 7) is 4.77. The molecule has 0 spiro atoms. The second-order valence-corrected chi connectivity index (χ2v) is 9.01. The Morgan fingerprint density at radius 2 is 1.58 bits per heavy atom. The predicted molar refractivity (Wildman–Crippen MR) is 128 cm³/mol. The lowest BCUT2D eigenvalue weighted by Gasteiger charge is -2.28. The van der Waals surface area contributed by atoms with Gasteiger partial charge in [-0.15, -0.1) is 11.8 Å². The van der Waals surface area contributed by atoms with Crippen molar-refractivity contribution in [1.29, 1.82) is 0 Å². The van der Waals surface area contributed by atoms with Crippen LogP contribution in [0.5, 0.6) is 0 Å². The van der Waals surface area contributed by atoms with Crippen molar-refractivity contribution in [2.75, 3.05) is 6.26 Å². The van der Waals surface area contributed by atoms with Gasteiger partial charge in [0.05, 0.1) is 6.04 Å². The van der Waals surface area contributed by atoms with Crippen LogP contribution < -0.4 is 0 Å². The second kappa shape index (κ2) is 9.03. The topological polar surface area (TPSA) is 40.5 Å². The minimum atomic E-state index is -0.337. The molecule has 0 bridgehead atoms. The van der Waals surface area contributed by atoms with Gasteiger partial charge in [0, 0.05) is 17.0 Å². The Morgan fingerprint density at radius 3 is 2.16 bits per heavy atom. The van der Waals surface area contributed by atoms with Crippen LogP contribution in [0.4, 0.5) is 0 Å². The van der Waals surface area contributed by atoms with Crippen molar-refractivity contribution < 1.29 is 9.90 Å². The van der Waals surface area contributed by atoms with Crippen molar-refractivity contribution in [1.82, 2.24) is 4.90 Å². The number of rotatable bonds is 6. The number of carbonyl (C=O) groups is 1. The van der Waals surface area contributed by atoms with Crippen molar-refractivity contribution in [2.24, 2.45) is 0 Å². The molecule has 0 radical (unpaired) electrons. The Bertz CT molecular complexity index is 1090. The molecule has 1 atom stereocenters. The number of carbonyl (C=O) groups excluding carboxylic acids is 1. The maximum atomic E-state index is 13.2. The number of aliphatic hydroxyl groups excluding tert-OH is 1. The molecule has 1 amide bonds. The van der Waals surface area contributed by atoms with E-state index in [1.54, 1.807) is 16.7 Å². The average Bonchev–Trinajstić information content (AvgIpc) is 3.05. The van der Waals surface area contributed by atoms with E-state index in [4.69, 9.17) is 0 Å². The maximum Gasteiger partial charge on any atom is 0.290 e. The lowest BCUT2D eigenvalue weighted by Crippen LogP contribution is -2.29. The highest BCUT2D eigenvalue weighted by molar-refractivity contribution is 7.98. The molecule has 0 fully saturated rings. The molecule has 1 heterocycles. The summed E-state index contributed by atoms with van der Waals surface area (Å²) in [4.78, 5) is 16.1. The van der Waals surface area contributed by atoms with Crippen LogP contribution in [0.15, 0.2) is 89.5 Å². The van der Waals surface area contributed by atoms with E-state index >= 15 is 0 Å². The van der Waals surface area contributed by atoms with Gasteiger partial charge in [-0.25, -0.2) is 0 Å². The van der Waals surface area contributed by atoms with Crippen LogP contribution in [-0.4, -0.2) is 22.2 Å². The highest BCUT2D eigenvalue weighted by Gasteiger charge is 2.40. The first-order valence-electron chi connectivity index (χ1n) is 10.5. The molecule has 0 aromatic heterocycles. The molecule has 3 aromatic carbocycles. The molecule has 0 aliphatic carbocycles. The molecular formula is C27H27NO2S. The molecule has 0 saturated carbocycles. The fraction of sp³-hybridized carbons (Fsp3) is 0.222. The fourth-order valence-corrected chi connectivity index (χ4v) is 4.47. The Morgan fingerprint density at radius 1 is 0.935 bits per heavy atom. The fourth-order valence-electron chi connectivity index (χ4n) is 4.07. The van der Waals surface area contributed by atoms with Gasteiger partial charge in [0.25, 0.3) is 5.91 Å². The summed E-state index contributed by atoms with van der Waals surface area (Å²) in [6.07, 6.45) is 2.05. The lowest BCUT2D eigenvalue weighted by atomic mass is 9.91. The van der Waals surface area contributed by atoms with E-state index in [0.29, 0.717) is 18.0 Å². The zero-order valence-electron chi connectivity index (χ0n) is 18.1. The van der Waals surface area contributed by atoms with Gasteiger partial charge < -0.3 is 10.0 Å². The van der Waals surface area contributed by atoms with Gasteiger partial charge in [-0.1, -0.05) is 80.6 Å². The Balaban J connectivity index is 1.76.